The van der Waals surface area contributed by atoms with Gasteiger partial charge < -0.3 is 10.2 Å². The number of fused-ring (bicyclic) bond motifs is 2. The van der Waals surface area contributed by atoms with E-state index in [4.69, 9.17) is 9.97 Å². The highest BCUT2D eigenvalue weighted by atomic mass is 32.1. The van der Waals surface area contributed by atoms with Crippen LogP contribution in [0.15, 0.2) is 18.2 Å². The van der Waals surface area contributed by atoms with Crippen LogP contribution in [0.5, 0.6) is 0 Å². The van der Waals surface area contributed by atoms with Gasteiger partial charge in [-0.05, 0) is 75.5 Å². The maximum atomic E-state index is 11.8. The van der Waals surface area contributed by atoms with Gasteiger partial charge in [-0.2, -0.15) is 0 Å². The molecule has 6 nitrogen and oxygen atoms in total. The Hall–Kier alpha value is -2.51. The van der Waals surface area contributed by atoms with Crippen molar-refractivity contribution in [3.05, 3.63) is 40.0 Å². The second-order valence-corrected chi connectivity index (χ2v) is 9.53. The number of carbonyl (C=O) groups is 1. The smallest absolute Gasteiger partial charge is 0.223 e. The maximum absolute atomic E-state index is 11.8. The van der Waals surface area contributed by atoms with Crippen LogP contribution in [0.3, 0.4) is 0 Å². The standard InChI is InChI=1S/C23H27N5OS/c1-14-15(2)30-23-21(14)22(25-20(26-23)13-27-9-4-5-10-27)24-18-6-7-19-17(12-18)8-11-28(19)16(3)29/h6-7,12H,4-5,8-11,13H2,1-3H3,(H,24,25,26). The Kier molecular flexibility index (Phi) is 4.95. The first-order valence-corrected chi connectivity index (χ1v) is 11.5. The van der Waals surface area contributed by atoms with E-state index in [0.29, 0.717) is 0 Å². The number of anilines is 3. The van der Waals surface area contributed by atoms with Gasteiger partial charge >= 0.3 is 0 Å². The number of hydrogen-bond donors (Lipinski definition) is 1. The molecule has 0 radical (unpaired) electrons. The summed E-state index contributed by atoms with van der Waals surface area (Å²) in [5.74, 6) is 1.87. The molecule has 1 fully saturated rings. The number of carbonyl (C=O) groups excluding carboxylic acids is 1. The number of amides is 1. The third-order valence-corrected chi connectivity index (χ3v) is 7.36. The second-order valence-electron chi connectivity index (χ2n) is 8.32. The fraction of sp³-hybridized carbons (Fsp3) is 0.435. The third-order valence-electron chi connectivity index (χ3n) is 6.26. The molecular weight excluding hydrogens is 394 g/mol. The minimum absolute atomic E-state index is 0.0999. The fourth-order valence-electron chi connectivity index (χ4n) is 4.54. The van der Waals surface area contributed by atoms with Crippen LogP contribution in [0.4, 0.5) is 17.2 Å². The van der Waals surface area contributed by atoms with Gasteiger partial charge in [0.2, 0.25) is 5.91 Å². The number of nitrogens with zero attached hydrogens (tertiary/aromatic N) is 4. The lowest BCUT2D eigenvalue weighted by molar-refractivity contribution is -0.116. The zero-order valence-corrected chi connectivity index (χ0v) is 18.6. The number of thiophene rings is 1. The molecule has 0 atom stereocenters. The monoisotopic (exact) mass is 421 g/mol. The Morgan fingerprint density at radius 1 is 1.17 bits per heavy atom. The Labute approximate surface area is 180 Å². The van der Waals surface area contributed by atoms with Gasteiger partial charge in [0, 0.05) is 29.7 Å². The van der Waals surface area contributed by atoms with Crippen LogP contribution in [0.2, 0.25) is 0 Å². The lowest BCUT2D eigenvalue weighted by atomic mass is 10.1. The summed E-state index contributed by atoms with van der Waals surface area (Å²) in [4.78, 5) is 28.3. The van der Waals surface area contributed by atoms with Crippen LogP contribution in [0, 0.1) is 13.8 Å². The minimum Gasteiger partial charge on any atom is -0.340 e. The molecule has 2 aromatic heterocycles. The number of benzene rings is 1. The van der Waals surface area contributed by atoms with Crippen LogP contribution in [-0.2, 0) is 17.8 Å². The fourth-order valence-corrected chi connectivity index (χ4v) is 5.59. The average Bonchev–Trinajstić information content (AvgIpc) is 3.42. The Morgan fingerprint density at radius 3 is 2.73 bits per heavy atom. The highest BCUT2D eigenvalue weighted by Gasteiger charge is 2.23. The molecule has 5 rings (SSSR count). The average molecular weight is 422 g/mol. The molecule has 4 heterocycles. The molecule has 2 aliphatic heterocycles. The van der Waals surface area contributed by atoms with E-state index in [9.17, 15) is 4.79 Å². The van der Waals surface area contributed by atoms with Crippen molar-refractivity contribution in [1.82, 2.24) is 14.9 Å². The molecule has 0 spiro atoms. The molecule has 3 aromatic rings. The molecule has 0 aliphatic carbocycles. The Morgan fingerprint density at radius 2 is 1.97 bits per heavy atom. The third kappa shape index (κ3) is 3.46. The molecule has 0 saturated carbocycles. The molecule has 156 valence electrons. The van der Waals surface area contributed by atoms with Gasteiger partial charge in [0.05, 0.1) is 11.9 Å². The Balaban J connectivity index is 1.51. The van der Waals surface area contributed by atoms with E-state index >= 15 is 0 Å². The van der Waals surface area contributed by atoms with Crippen LogP contribution in [0.25, 0.3) is 10.2 Å². The highest BCUT2D eigenvalue weighted by Crippen LogP contribution is 2.36. The summed E-state index contributed by atoms with van der Waals surface area (Å²) in [7, 11) is 0. The molecule has 1 amide bonds. The van der Waals surface area contributed by atoms with Crippen molar-refractivity contribution in [3.8, 4) is 0 Å². The minimum atomic E-state index is 0.0999. The van der Waals surface area contributed by atoms with Crippen LogP contribution < -0.4 is 10.2 Å². The lowest BCUT2D eigenvalue weighted by Gasteiger charge is -2.16. The van der Waals surface area contributed by atoms with Gasteiger partial charge in [0.25, 0.3) is 0 Å². The van der Waals surface area contributed by atoms with E-state index in [-0.39, 0.29) is 5.91 Å². The molecule has 7 heteroatoms. The van der Waals surface area contributed by atoms with E-state index < -0.39 is 0 Å². The summed E-state index contributed by atoms with van der Waals surface area (Å²) in [5, 5.41) is 4.69. The topological polar surface area (TPSA) is 61.4 Å². The van der Waals surface area contributed by atoms with Crippen molar-refractivity contribution in [3.63, 3.8) is 0 Å². The van der Waals surface area contributed by atoms with Crippen molar-refractivity contribution in [2.45, 2.75) is 46.6 Å². The molecule has 1 N–H and O–H groups in total. The predicted octanol–water partition coefficient (Wildman–Crippen LogP) is 4.56. The Bertz CT molecular complexity index is 1130. The zero-order chi connectivity index (χ0) is 20.8. The number of hydrogen-bond acceptors (Lipinski definition) is 6. The van der Waals surface area contributed by atoms with E-state index in [2.05, 4.69) is 30.1 Å². The number of likely N-dealkylation sites (tertiary alicyclic amines) is 1. The first-order valence-electron chi connectivity index (χ1n) is 10.7. The van der Waals surface area contributed by atoms with Crippen LogP contribution in [-0.4, -0.2) is 40.4 Å². The summed E-state index contributed by atoms with van der Waals surface area (Å²) in [6.45, 7) is 9.75. The van der Waals surface area contributed by atoms with E-state index in [1.165, 1.54) is 28.8 Å². The normalized spacial score (nSPS) is 16.4. The molecule has 30 heavy (non-hydrogen) atoms. The van der Waals surface area contributed by atoms with Gasteiger partial charge in [-0.15, -0.1) is 11.3 Å². The number of aryl methyl sites for hydroxylation is 2. The highest BCUT2D eigenvalue weighted by molar-refractivity contribution is 7.18. The summed E-state index contributed by atoms with van der Waals surface area (Å²) in [6, 6.07) is 6.24. The second kappa shape index (κ2) is 7.63. The van der Waals surface area contributed by atoms with Gasteiger partial charge in [-0.1, -0.05) is 0 Å². The predicted molar refractivity (Wildman–Crippen MR) is 123 cm³/mol. The van der Waals surface area contributed by atoms with Crippen molar-refractivity contribution in [2.24, 2.45) is 0 Å². The summed E-state index contributed by atoms with van der Waals surface area (Å²) < 4.78 is 0. The summed E-state index contributed by atoms with van der Waals surface area (Å²) >= 11 is 1.75. The first kappa shape index (κ1) is 19.5. The van der Waals surface area contributed by atoms with Crippen molar-refractivity contribution < 1.29 is 4.79 Å². The molecule has 1 aromatic carbocycles. The summed E-state index contributed by atoms with van der Waals surface area (Å²) in [5.41, 5.74) is 4.48. The number of nitrogens with one attached hydrogen (secondary N) is 1. The van der Waals surface area contributed by atoms with Gasteiger partial charge in [-0.3, -0.25) is 9.69 Å². The van der Waals surface area contributed by atoms with Gasteiger partial charge in [0.1, 0.15) is 16.5 Å². The molecule has 1 saturated heterocycles. The summed E-state index contributed by atoms with van der Waals surface area (Å²) in [6.07, 6.45) is 3.41. The molecular formula is C23H27N5OS. The first-order chi connectivity index (χ1) is 14.5. The zero-order valence-electron chi connectivity index (χ0n) is 17.8. The largest absolute Gasteiger partial charge is 0.340 e. The van der Waals surface area contributed by atoms with Gasteiger partial charge in [0.15, 0.2) is 0 Å². The molecule has 0 unspecified atom stereocenters. The van der Waals surface area contributed by atoms with Crippen LogP contribution >= 0.6 is 11.3 Å². The maximum Gasteiger partial charge on any atom is 0.223 e. The SMILES string of the molecule is CC(=O)N1CCc2cc(Nc3nc(CN4CCCC4)nc4sc(C)c(C)c34)ccc21. The molecule has 0 bridgehead atoms. The van der Waals surface area contributed by atoms with Crippen molar-refractivity contribution >= 4 is 44.7 Å². The van der Waals surface area contributed by atoms with Crippen molar-refractivity contribution in [2.75, 3.05) is 29.9 Å². The molecule has 2 aliphatic rings. The van der Waals surface area contributed by atoms with Gasteiger partial charge in [-0.25, -0.2) is 9.97 Å². The van der Waals surface area contributed by atoms with Crippen LogP contribution in [0.1, 0.15) is 41.6 Å². The van der Waals surface area contributed by atoms with E-state index in [0.717, 1.165) is 65.8 Å². The quantitative estimate of drug-likeness (QED) is 0.669. The van der Waals surface area contributed by atoms with E-state index in [1.807, 2.05) is 17.0 Å². The van der Waals surface area contributed by atoms with Crippen molar-refractivity contribution in [1.29, 1.82) is 0 Å². The van der Waals surface area contributed by atoms with E-state index in [1.54, 1.807) is 18.3 Å². The lowest BCUT2D eigenvalue weighted by Crippen LogP contribution is -2.25. The number of rotatable bonds is 4. The number of aromatic nitrogens is 2.